The molecule has 0 spiro atoms. The lowest BCUT2D eigenvalue weighted by Crippen LogP contribution is -2.36. The molecule has 0 atom stereocenters. The lowest BCUT2D eigenvalue weighted by molar-refractivity contribution is -0.137. The minimum absolute atomic E-state index is 0.0986. The van der Waals surface area contributed by atoms with Crippen molar-refractivity contribution in [2.45, 2.75) is 13.3 Å². The molecule has 0 radical (unpaired) electrons. The Hall–Kier alpha value is -3.38. The molecule has 1 aliphatic rings. The zero-order chi connectivity index (χ0) is 22.1. The maximum Gasteiger partial charge on any atom is 0.277 e. The molecule has 1 aliphatic heterocycles. The molecule has 2 amide bonds. The van der Waals surface area contributed by atoms with Crippen LogP contribution in [-0.4, -0.2) is 58.0 Å². The van der Waals surface area contributed by atoms with Gasteiger partial charge in [-0.25, -0.2) is 0 Å². The Morgan fingerprint density at radius 3 is 2.42 bits per heavy atom. The molecule has 1 aromatic heterocycles. The number of amides is 2. The number of benzene rings is 2. The smallest absolute Gasteiger partial charge is 0.277 e. The number of para-hydroxylation sites is 1. The third-order valence-electron chi connectivity index (χ3n) is 5.89. The van der Waals surface area contributed by atoms with Gasteiger partial charge in [0.05, 0.1) is 12.2 Å². The van der Waals surface area contributed by atoms with Crippen LogP contribution in [0.2, 0.25) is 0 Å². The zero-order valence-electron chi connectivity index (χ0n) is 18.1. The first-order chi connectivity index (χ1) is 14.9. The van der Waals surface area contributed by atoms with E-state index in [0.717, 1.165) is 27.6 Å². The second kappa shape index (κ2) is 8.40. The van der Waals surface area contributed by atoms with Gasteiger partial charge in [-0.3, -0.25) is 14.5 Å². The molecule has 0 aliphatic carbocycles. The fraction of sp³-hybridized carbons (Fsp3) is 0.280. The van der Waals surface area contributed by atoms with Gasteiger partial charge in [0.25, 0.3) is 11.8 Å². The SMILES string of the molecule is Cc1ccc(C2=C(N(C)CCO)C(=O)N(CCc3cn(C)c4ccccc34)C2=O)cc1. The van der Waals surface area contributed by atoms with Crippen LogP contribution in [0.5, 0.6) is 0 Å². The number of aliphatic hydroxyl groups is 1. The van der Waals surface area contributed by atoms with Gasteiger partial charge in [0.2, 0.25) is 0 Å². The van der Waals surface area contributed by atoms with Crippen LogP contribution < -0.4 is 0 Å². The van der Waals surface area contributed by atoms with Gasteiger partial charge in [-0.1, -0.05) is 48.0 Å². The first kappa shape index (κ1) is 20.9. The Morgan fingerprint density at radius 1 is 1.00 bits per heavy atom. The Morgan fingerprint density at radius 2 is 1.71 bits per heavy atom. The second-order valence-corrected chi connectivity index (χ2v) is 8.03. The van der Waals surface area contributed by atoms with E-state index in [1.807, 2.05) is 50.4 Å². The number of aryl methyl sites for hydroxylation is 2. The first-order valence-corrected chi connectivity index (χ1v) is 10.4. The summed E-state index contributed by atoms with van der Waals surface area (Å²) in [5.74, 6) is -0.592. The molecule has 4 rings (SSSR count). The summed E-state index contributed by atoms with van der Waals surface area (Å²) in [6.45, 7) is 2.46. The van der Waals surface area contributed by atoms with Gasteiger partial charge in [0.15, 0.2) is 0 Å². The van der Waals surface area contributed by atoms with Gasteiger partial charge in [-0.2, -0.15) is 0 Å². The molecular formula is C25H27N3O3. The van der Waals surface area contributed by atoms with Gasteiger partial charge in [-0.15, -0.1) is 0 Å². The lowest BCUT2D eigenvalue weighted by atomic mass is 10.0. The van der Waals surface area contributed by atoms with Crippen molar-refractivity contribution in [1.82, 2.24) is 14.4 Å². The monoisotopic (exact) mass is 417 g/mol. The highest BCUT2D eigenvalue weighted by Crippen LogP contribution is 2.32. The minimum Gasteiger partial charge on any atom is -0.395 e. The van der Waals surface area contributed by atoms with E-state index < -0.39 is 0 Å². The molecule has 0 bridgehead atoms. The molecule has 6 heteroatoms. The molecular weight excluding hydrogens is 390 g/mol. The molecule has 0 saturated heterocycles. The van der Waals surface area contributed by atoms with Crippen LogP contribution in [-0.2, 0) is 23.1 Å². The van der Waals surface area contributed by atoms with Crippen molar-refractivity contribution in [2.75, 3.05) is 26.7 Å². The number of imide groups is 1. The van der Waals surface area contributed by atoms with Crippen LogP contribution in [0, 0.1) is 6.92 Å². The van der Waals surface area contributed by atoms with E-state index in [9.17, 15) is 14.7 Å². The van der Waals surface area contributed by atoms with Crippen molar-refractivity contribution < 1.29 is 14.7 Å². The van der Waals surface area contributed by atoms with Gasteiger partial charge >= 0.3 is 0 Å². The standard InChI is InChI=1S/C25H27N3O3/c1-17-8-10-18(11-9-17)22-23(26(2)14-15-29)25(31)28(24(22)30)13-12-19-16-27(3)21-7-5-4-6-20(19)21/h4-11,16,29H,12-15H2,1-3H3. The molecule has 31 heavy (non-hydrogen) atoms. The van der Waals surface area contributed by atoms with Crippen LogP contribution in [0.15, 0.2) is 60.4 Å². The van der Waals surface area contributed by atoms with Crippen LogP contribution in [0.3, 0.4) is 0 Å². The van der Waals surface area contributed by atoms with Crippen molar-refractivity contribution >= 4 is 28.3 Å². The minimum atomic E-state index is -0.309. The Kier molecular flexibility index (Phi) is 5.65. The summed E-state index contributed by atoms with van der Waals surface area (Å²) >= 11 is 0. The van der Waals surface area contributed by atoms with Crippen LogP contribution in [0.25, 0.3) is 16.5 Å². The van der Waals surface area contributed by atoms with Gasteiger partial charge in [-0.05, 0) is 30.5 Å². The topological polar surface area (TPSA) is 65.8 Å². The van der Waals surface area contributed by atoms with E-state index >= 15 is 0 Å². The molecule has 2 heterocycles. The Bertz CT molecular complexity index is 1170. The number of nitrogens with zero attached hydrogens (tertiary/aromatic N) is 3. The molecule has 1 N–H and O–H groups in total. The number of hydrogen-bond acceptors (Lipinski definition) is 4. The van der Waals surface area contributed by atoms with Crippen LogP contribution >= 0.6 is 0 Å². The summed E-state index contributed by atoms with van der Waals surface area (Å²) in [6.07, 6.45) is 2.64. The molecule has 2 aromatic carbocycles. The summed E-state index contributed by atoms with van der Waals surface area (Å²) in [4.78, 5) is 29.7. The molecule has 0 saturated carbocycles. The van der Waals surface area contributed by atoms with E-state index in [0.29, 0.717) is 24.2 Å². The van der Waals surface area contributed by atoms with Crippen molar-refractivity contribution in [2.24, 2.45) is 7.05 Å². The predicted octanol–water partition coefficient (Wildman–Crippen LogP) is 2.73. The van der Waals surface area contributed by atoms with Crippen LogP contribution in [0.4, 0.5) is 0 Å². The summed E-state index contributed by atoms with van der Waals surface area (Å²) in [5.41, 5.74) is 4.78. The third kappa shape index (κ3) is 3.75. The summed E-state index contributed by atoms with van der Waals surface area (Å²) in [5, 5.41) is 10.5. The van der Waals surface area contributed by atoms with E-state index in [-0.39, 0.29) is 25.0 Å². The number of aromatic nitrogens is 1. The highest BCUT2D eigenvalue weighted by atomic mass is 16.3. The number of hydrogen-bond donors (Lipinski definition) is 1. The highest BCUT2D eigenvalue weighted by molar-refractivity contribution is 6.35. The fourth-order valence-corrected chi connectivity index (χ4v) is 4.22. The average Bonchev–Trinajstić information content (AvgIpc) is 3.21. The van der Waals surface area contributed by atoms with E-state index in [1.165, 1.54) is 4.90 Å². The maximum absolute atomic E-state index is 13.4. The van der Waals surface area contributed by atoms with E-state index in [1.54, 1.807) is 11.9 Å². The fourth-order valence-electron chi connectivity index (χ4n) is 4.22. The van der Waals surface area contributed by atoms with E-state index in [2.05, 4.69) is 22.9 Å². The number of carbonyl (C=O) groups excluding carboxylic acids is 2. The van der Waals surface area contributed by atoms with Gasteiger partial charge in [0.1, 0.15) is 5.70 Å². The Labute approximate surface area is 182 Å². The van der Waals surface area contributed by atoms with Crippen molar-refractivity contribution in [3.05, 3.63) is 77.1 Å². The number of likely N-dealkylation sites (N-methyl/N-ethyl adjacent to an activating group) is 1. The summed E-state index contributed by atoms with van der Waals surface area (Å²) in [6, 6.07) is 15.7. The number of fused-ring (bicyclic) bond motifs is 1. The number of aliphatic hydroxyl groups excluding tert-OH is 1. The highest BCUT2D eigenvalue weighted by Gasteiger charge is 2.40. The number of carbonyl (C=O) groups is 2. The van der Waals surface area contributed by atoms with E-state index in [4.69, 9.17) is 0 Å². The molecule has 0 fully saturated rings. The van der Waals surface area contributed by atoms with Crippen molar-refractivity contribution in [3.63, 3.8) is 0 Å². The quantitative estimate of drug-likeness (QED) is 0.601. The largest absolute Gasteiger partial charge is 0.395 e. The van der Waals surface area contributed by atoms with Crippen LogP contribution in [0.1, 0.15) is 16.7 Å². The third-order valence-corrected chi connectivity index (χ3v) is 5.89. The van der Waals surface area contributed by atoms with Gasteiger partial charge in [0, 0.05) is 44.3 Å². The second-order valence-electron chi connectivity index (χ2n) is 8.03. The summed E-state index contributed by atoms with van der Waals surface area (Å²) in [7, 11) is 3.73. The Balaban J connectivity index is 1.65. The van der Waals surface area contributed by atoms with Crippen molar-refractivity contribution in [3.8, 4) is 0 Å². The maximum atomic E-state index is 13.4. The number of rotatable bonds is 7. The lowest BCUT2D eigenvalue weighted by Gasteiger charge is -2.20. The molecule has 6 nitrogen and oxygen atoms in total. The molecule has 160 valence electrons. The van der Waals surface area contributed by atoms with Crippen molar-refractivity contribution in [1.29, 1.82) is 0 Å². The first-order valence-electron chi connectivity index (χ1n) is 10.4. The average molecular weight is 418 g/mol. The van der Waals surface area contributed by atoms with Gasteiger partial charge < -0.3 is 14.6 Å². The summed E-state index contributed by atoms with van der Waals surface area (Å²) < 4.78 is 2.06. The predicted molar refractivity (Wildman–Crippen MR) is 121 cm³/mol. The normalized spacial score (nSPS) is 14.3. The molecule has 0 unspecified atom stereocenters. The molecule has 3 aromatic rings. The zero-order valence-corrected chi connectivity index (χ0v) is 18.1.